The monoisotopic (exact) mass is 420 g/mol. The van der Waals surface area contributed by atoms with E-state index in [9.17, 15) is 13.2 Å². The van der Waals surface area contributed by atoms with Gasteiger partial charge in [0.25, 0.3) is 0 Å². The molecule has 1 heterocycles. The van der Waals surface area contributed by atoms with Crippen molar-refractivity contribution in [1.82, 2.24) is 19.2 Å². The lowest BCUT2D eigenvalue weighted by Gasteiger charge is -2.28. The van der Waals surface area contributed by atoms with Crippen molar-refractivity contribution in [2.45, 2.75) is 62.8 Å². The second kappa shape index (κ2) is 8.83. The zero-order valence-electron chi connectivity index (χ0n) is 17.8. The number of sulfonamides is 1. The third-order valence-corrected chi connectivity index (χ3v) is 7.90. The highest BCUT2D eigenvalue weighted by Gasteiger charge is 2.22. The van der Waals surface area contributed by atoms with Gasteiger partial charge in [0.1, 0.15) is 5.82 Å². The van der Waals surface area contributed by atoms with Gasteiger partial charge >= 0.3 is 0 Å². The molecule has 1 N–H and O–H groups in total. The molecule has 29 heavy (non-hydrogen) atoms. The van der Waals surface area contributed by atoms with E-state index in [0.717, 1.165) is 30.1 Å². The van der Waals surface area contributed by atoms with E-state index in [0.29, 0.717) is 24.4 Å². The van der Waals surface area contributed by atoms with Gasteiger partial charge in [0.2, 0.25) is 15.9 Å². The minimum absolute atomic E-state index is 0.0629. The third kappa shape index (κ3) is 4.80. The molecule has 0 aliphatic heterocycles. The molecule has 1 aliphatic carbocycles. The van der Waals surface area contributed by atoms with E-state index in [1.165, 1.54) is 37.7 Å². The van der Waals surface area contributed by atoms with Crippen molar-refractivity contribution in [3.8, 4) is 0 Å². The minimum atomic E-state index is -3.50. The predicted octanol–water partition coefficient (Wildman–Crippen LogP) is 2.84. The van der Waals surface area contributed by atoms with E-state index in [1.807, 2.05) is 11.6 Å². The molecular formula is C21H32N4O3S. The summed E-state index contributed by atoms with van der Waals surface area (Å²) in [5.41, 5.74) is 1.49. The van der Waals surface area contributed by atoms with Gasteiger partial charge in [-0.2, -0.15) is 0 Å². The number of carbonyl (C=O) groups excluding carboxylic acids is 1. The smallest absolute Gasteiger partial charge is 0.242 e. The van der Waals surface area contributed by atoms with Crippen LogP contribution >= 0.6 is 0 Å². The Labute approximate surface area is 173 Å². The Morgan fingerprint density at radius 3 is 2.55 bits per heavy atom. The Morgan fingerprint density at radius 1 is 1.24 bits per heavy atom. The lowest BCUT2D eigenvalue weighted by molar-refractivity contribution is -0.122. The number of imidazole rings is 1. The second-order valence-corrected chi connectivity index (χ2v) is 10.4. The number of aromatic nitrogens is 2. The van der Waals surface area contributed by atoms with Gasteiger partial charge < -0.3 is 9.88 Å². The fraction of sp³-hybridized carbons (Fsp3) is 0.619. The topological polar surface area (TPSA) is 84.3 Å². The first-order valence-electron chi connectivity index (χ1n) is 10.4. The molecule has 8 heteroatoms. The normalized spacial score (nSPS) is 20.3. The van der Waals surface area contributed by atoms with Crippen LogP contribution in [0.5, 0.6) is 0 Å². The molecule has 1 aromatic carbocycles. The summed E-state index contributed by atoms with van der Waals surface area (Å²) < 4.78 is 27.8. The first-order chi connectivity index (χ1) is 13.7. The van der Waals surface area contributed by atoms with Crippen molar-refractivity contribution in [2.24, 2.45) is 13.0 Å². The zero-order valence-corrected chi connectivity index (χ0v) is 18.6. The van der Waals surface area contributed by atoms with Crippen molar-refractivity contribution in [1.29, 1.82) is 0 Å². The Balaban J connectivity index is 1.64. The number of hydrogen-bond acceptors (Lipinski definition) is 4. The summed E-state index contributed by atoms with van der Waals surface area (Å²) in [6.45, 7) is 2.24. The Hall–Kier alpha value is -1.93. The van der Waals surface area contributed by atoms with Crippen LogP contribution < -0.4 is 5.32 Å². The quantitative estimate of drug-likeness (QED) is 0.746. The van der Waals surface area contributed by atoms with Crippen LogP contribution in [0.15, 0.2) is 23.1 Å². The van der Waals surface area contributed by atoms with Crippen molar-refractivity contribution in [3.63, 3.8) is 0 Å². The molecule has 1 fully saturated rings. The fourth-order valence-electron chi connectivity index (χ4n) is 4.06. The first-order valence-corrected chi connectivity index (χ1v) is 11.8. The Bertz CT molecular complexity index is 973. The third-order valence-electron chi connectivity index (χ3n) is 6.09. The molecule has 0 spiro atoms. The van der Waals surface area contributed by atoms with Gasteiger partial charge in [-0.3, -0.25) is 4.79 Å². The molecule has 160 valence electrons. The average Bonchev–Trinajstić information content (AvgIpc) is 3.02. The fourth-order valence-corrected chi connectivity index (χ4v) is 4.99. The lowest BCUT2D eigenvalue weighted by Crippen LogP contribution is -2.37. The van der Waals surface area contributed by atoms with Crippen LogP contribution in [0.1, 0.15) is 51.3 Å². The molecule has 0 unspecified atom stereocenters. The summed E-state index contributed by atoms with van der Waals surface area (Å²) >= 11 is 0. The molecule has 1 aromatic heterocycles. The maximum absolute atomic E-state index is 12.4. The molecule has 3 rings (SSSR count). The van der Waals surface area contributed by atoms with Crippen molar-refractivity contribution in [2.75, 3.05) is 14.1 Å². The molecular weight excluding hydrogens is 388 g/mol. The number of fused-ring (bicyclic) bond motifs is 1. The van der Waals surface area contributed by atoms with Crippen molar-refractivity contribution < 1.29 is 13.2 Å². The van der Waals surface area contributed by atoms with Gasteiger partial charge in [0, 0.05) is 40.0 Å². The summed E-state index contributed by atoms with van der Waals surface area (Å²) in [7, 11) is 1.42. The highest BCUT2D eigenvalue weighted by Crippen LogP contribution is 2.26. The summed E-state index contributed by atoms with van der Waals surface area (Å²) in [5, 5.41) is 3.17. The van der Waals surface area contributed by atoms with Gasteiger partial charge in [0.15, 0.2) is 0 Å². The van der Waals surface area contributed by atoms with Crippen LogP contribution in [0.4, 0.5) is 0 Å². The number of benzene rings is 1. The number of hydrogen-bond donors (Lipinski definition) is 1. The maximum Gasteiger partial charge on any atom is 0.242 e. The molecule has 0 atom stereocenters. The van der Waals surface area contributed by atoms with Crippen LogP contribution in [0.25, 0.3) is 11.0 Å². The van der Waals surface area contributed by atoms with Crippen LogP contribution in [0.2, 0.25) is 0 Å². The number of amides is 1. The second-order valence-electron chi connectivity index (χ2n) is 8.22. The van der Waals surface area contributed by atoms with Crippen LogP contribution in [0.3, 0.4) is 0 Å². The Morgan fingerprint density at radius 2 is 1.93 bits per heavy atom. The van der Waals surface area contributed by atoms with Gasteiger partial charge in [-0.1, -0.05) is 13.3 Å². The van der Waals surface area contributed by atoms with Crippen LogP contribution in [0, 0.1) is 5.92 Å². The van der Waals surface area contributed by atoms with Gasteiger partial charge in [0.05, 0.1) is 15.9 Å². The largest absolute Gasteiger partial charge is 0.353 e. The molecule has 7 nitrogen and oxygen atoms in total. The van der Waals surface area contributed by atoms with Gasteiger partial charge in [-0.05, 0) is 49.8 Å². The summed E-state index contributed by atoms with van der Waals surface area (Å²) in [6.07, 6.45) is 6.67. The van der Waals surface area contributed by atoms with Crippen LogP contribution in [-0.4, -0.2) is 48.3 Å². The summed E-state index contributed by atoms with van der Waals surface area (Å²) in [5.74, 6) is 1.65. The maximum atomic E-state index is 12.4. The van der Waals surface area contributed by atoms with E-state index in [1.54, 1.807) is 18.2 Å². The van der Waals surface area contributed by atoms with E-state index in [2.05, 4.69) is 17.2 Å². The number of nitrogens with one attached hydrogen (secondary N) is 1. The molecule has 0 radical (unpaired) electrons. The van der Waals surface area contributed by atoms with E-state index < -0.39 is 10.0 Å². The van der Waals surface area contributed by atoms with E-state index >= 15 is 0 Å². The number of aryl methyl sites for hydroxylation is 2. The number of carbonyl (C=O) groups is 1. The van der Waals surface area contributed by atoms with Gasteiger partial charge in [-0.15, -0.1) is 0 Å². The average molecular weight is 421 g/mol. The molecule has 1 aliphatic rings. The summed E-state index contributed by atoms with van der Waals surface area (Å²) in [4.78, 5) is 17.2. The van der Waals surface area contributed by atoms with E-state index in [-0.39, 0.29) is 10.8 Å². The molecule has 1 saturated carbocycles. The lowest BCUT2D eigenvalue weighted by atomic mass is 9.84. The zero-order chi connectivity index (χ0) is 21.2. The Kier molecular flexibility index (Phi) is 6.63. The molecule has 2 aromatic rings. The highest BCUT2D eigenvalue weighted by molar-refractivity contribution is 7.89. The van der Waals surface area contributed by atoms with Crippen molar-refractivity contribution in [3.05, 3.63) is 24.0 Å². The predicted molar refractivity (Wildman–Crippen MR) is 114 cm³/mol. The van der Waals surface area contributed by atoms with Gasteiger partial charge in [-0.25, -0.2) is 17.7 Å². The molecule has 0 bridgehead atoms. The van der Waals surface area contributed by atoms with E-state index in [4.69, 9.17) is 0 Å². The standard InChI is InChI=1S/C21H32N4O3S/c1-5-15-6-8-16(9-7-15)22-21(26)13-12-20-23-18-14-17(29(27,28)24(2)3)10-11-19(18)25(20)4/h10-11,14-16H,5-9,12-13H2,1-4H3,(H,22,26). The van der Waals surface area contributed by atoms with Crippen LogP contribution in [-0.2, 0) is 28.3 Å². The minimum Gasteiger partial charge on any atom is -0.353 e. The molecule has 1 amide bonds. The first kappa shape index (κ1) is 21.8. The number of nitrogens with zero attached hydrogens (tertiary/aromatic N) is 3. The molecule has 0 saturated heterocycles. The summed E-state index contributed by atoms with van der Waals surface area (Å²) in [6, 6.07) is 5.27. The van der Waals surface area contributed by atoms with Crippen molar-refractivity contribution >= 4 is 27.0 Å². The highest BCUT2D eigenvalue weighted by atomic mass is 32.2. The SMILES string of the molecule is CCC1CCC(NC(=O)CCc2nc3cc(S(=O)(=O)N(C)C)ccc3n2C)CC1. The number of rotatable bonds is 7.